The lowest BCUT2D eigenvalue weighted by Crippen LogP contribution is -2.44. The van der Waals surface area contributed by atoms with Crippen LogP contribution in [-0.4, -0.2) is 49.3 Å². The predicted octanol–water partition coefficient (Wildman–Crippen LogP) is 3.75. The van der Waals surface area contributed by atoms with Gasteiger partial charge >= 0.3 is 0 Å². The third-order valence-corrected chi connectivity index (χ3v) is 5.66. The minimum Gasteiger partial charge on any atom is -0.385 e. The summed E-state index contributed by atoms with van der Waals surface area (Å²) in [6, 6.07) is 12.5. The second-order valence-electron chi connectivity index (χ2n) is 7.22. The fraction of sp³-hybridized carbons (Fsp3) is 0.364. The smallest absolute Gasteiger partial charge is 0.194 e. The molecule has 2 aromatic carbocycles. The van der Waals surface area contributed by atoms with Gasteiger partial charge in [-0.1, -0.05) is 24.3 Å². The summed E-state index contributed by atoms with van der Waals surface area (Å²) in [5.41, 5.74) is 2.90. The highest BCUT2D eigenvalue weighted by Crippen LogP contribution is 2.29. The Labute approximate surface area is 155 Å². The molecule has 0 spiro atoms. The van der Waals surface area contributed by atoms with Crippen LogP contribution in [0.1, 0.15) is 52.1 Å². The van der Waals surface area contributed by atoms with E-state index in [1.165, 1.54) is 0 Å². The summed E-state index contributed by atoms with van der Waals surface area (Å²) in [6.45, 7) is 8.68. The second kappa shape index (κ2) is 7.42. The lowest BCUT2D eigenvalue weighted by molar-refractivity contribution is -0.906. The summed E-state index contributed by atoms with van der Waals surface area (Å²) in [6.07, 6.45) is 1.06. The summed E-state index contributed by atoms with van der Waals surface area (Å²) in [4.78, 5) is 25.4. The Morgan fingerprint density at radius 2 is 1.42 bits per heavy atom. The van der Waals surface area contributed by atoms with E-state index in [9.17, 15) is 9.59 Å². The van der Waals surface area contributed by atoms with E-state index in [2.05, 4.69) is 26.2 Å². The Balaban J connectivity index is 1.72. The number of nitrogens with one attached hydrogen (secondary N) is 1. The first-order valence-corrected chi connectivity index (χ1v) is 9.39. The normalized spacial score (nSPS) is 13.3. The largest absolute Gasteiger partial charge is 0.385 e. The van der Waals surface area contributed by atoms with Crippen LogP contribution in [0.25, 0.3) is 0 Å². The lowest BCUT2D eigenvalue weighted by Gasteiger charge is -2.32. The van der Waals surface area contributed by atoms with Crippen LogP contribution in [0.4, 0.5) is 5.69 Å². The van der Waals surface area contributed by atoms with Gasteiger partial charge in [-0.25, -0.2) is 0 Å². The molecule has 1 aliphatic carbocycles. The van der Waals surface area contributed by atoms with Gasteiger partial charge in [-0.05, 0) is 32.0 Å². The Kier molecular flexibility index (Phi) is 5.23. The van der Waals surface area contributed by atoms with Crippen molar-refractivity contribution in [2.45, 2.75) is 20.3 Å². The van der Waals surface area contributed by atoms with E-state index in [1.54, 1.807) is 30.3 Å². The van der Waals surface area contributed by atoms with Crippen LogP contribution in [0.3, 0.4) is 0 Å². The molecule has 2 aromatic rings. The fourth-order valence-electron chi connectivity index (χ4n) is 3.44. The molecule has 0 atom stereocenters. The van der Waals surface area contributed by atoms with E-state index in [4.69, 9.17) is 0 Å². The number of benzene rings is 2. The van der Waals surface area contributed by atoms with Crippen molar-refractivity contribution < 1.29 is 14.1 Å². The molecule has 0 heterocycles. The van der Waals surface area contributed by atoms with Crippen LogP contribution in [0.15, 0.2) is 42.5 Å². The van der Waals surface area contributed by atoms with Gasteiger partial charge in [-0.2, -0.15) is 0 Å². The van der Waals surface area contributed by atoms with Crippen molar-refractivity contribution in [1.82, 2.24) is 0 Å². The maximum Gasteiger partial charge on any atom is 0.194 e. The van der Waals surface area contributed by atoms with Gasteiger partial charge in [0, 0.05) is 40.9 Å². The molecule has 1 N–H and O–H groups in total. The van der Waals surface area contributed by atoms with E-state index in [0.29, 0.717) is 22.3 Å². The molecule has 0 bridgehead atoms. The summed E-state index contributed by atoms with van der Waals surface area (Å²) in [5.74, 6) is -0.138. The van der Waals surface area contributed by atoms with Crippen LogP contribution >= 0.6 is 0 Å². The van der Waals surface area contributed by atoms with Crippen molar-refractivity contribution in [3.8, 4) is 0 Å². The van der Waals surface area contributed by atoms with Crippen LogP contribution in [0, 0.1) is 0 Å². The standard InChI is InChI=1S/C22H26N2O2/c1-4-24(3,5-2)14-8-13-23-16-11-12-19-20(15-16)22(26)18-10-7-6-9-17(18)21(19)25/h6-7,9-12,15H,4-5,8,13-14H2,1-3H3/p+1. The first kappa shape index (κ1) is 18.3. The average molecular weight is 351 g/mol. The van der Waals surface area contributed by atoms with Gasteiger partial charge in [-0.15, -0.1) is 0 Å². The monoisotopic (exact) mass is 351 g/mol. The van der Waals surface area contributed by atoms with Gasteiger partial charge in [0.1, 0.15) is 0 Å². The van der Waals surface area contributed by atoms with E-state index < -0.39 is 0 Å². The van der Waals surface area contributed by atoms with Gasteiger partial charge < -0.3 is 9.80 Å². The first-order chi connectivity index (χ1) is 12.5. The molecule has 4 nitrogen and oxygen atoms in total. The molecule has 26 heavy (non-hydrogen) atoms. The Bertz CT molecular complexity index is 838. The number of carbonyl (C=O) groups is 2. The molecule has 4 heteroatoms. The molecular weight excluding hydrogens is 324 g/mol. The minimum absolute atomic E-state index is 0.0688. The molecule has 0 saturated carbocycles. The molecule has 0 radical (unpaired) electrons. The third-order valence-electron chi connectivity index (χ3n) is 5.66. The molecule has 136 valence electrons. The van der Waals surface area contributed by atoms with Crippen molar-refractivity contribution in [1.29, 1.82) is 0 Å². The van der Waals surface area contributed by atoms with Crippen molar-refractivity contribution in [3.05, 3.63) is 64.7 Å². The Morgan fingerprint density at radius 3 is 2.04 bits per heavy atom. The first-order valence-electron chi connectivity index (χ1n) is 9.39. The van der Waals surface area contributed by atoms with Gasteiger partial charge in [0.05, 0.1) is 26.7 Å². The van der Waals surface area contributed by atoms with Gasteiger partial charge in [0.25, 0.3) is 0 Å². The third kappa shape index (κ3) is 3.42. The van der Waals surface area contributed by atoms with Crippen LogP contribution < -0.4 is 5.32 Å². The molecule has 3 rings (SSSR count). The van der Waals surface area contributed by atoms with Crippen LogP contribution in [0.5, 0.6) is 0 Å². The lowest BCUT2D eigenvalue weighted by atomic mass is 9.84. The SMILES string of the molecule is CC[N+](C)(CC)CCCNc1ccc2c(c1)C(=O)c1ccccc1C2=O. The van der Waals surface area contributed by atoms with E-state index >= 15 is 0 Å². The average Bonchev–Trinajstić information content (AvgIpc) is 2.69. The van der Waals surface area contributed by atoms with Crippen LogP contribution in [0.2, 0.25) is 0 Å². The van der Waals surface area contributed by atoms with Crippen molar-refractivity contribution in [2.24, 2.45) is 0 Å². The van der Waals surface area contributed by atoms with Gasteiger partial charge in [0.15, 0.2) is 11.6 Å². The number of anilines is 1. The highest BCUT2D eigenvalue weighted by molar-refractivity contribution is 6.28. The summed E-state index contributed by atoms with van der Waals surface area (Å²) < 4.78 is 1.07. The minimum atomic E-state index is -0.0694. The van der Waals surface area contributed by atoms with Crippen molar-refractivity contribution >= 4 is 17.3 Å². The fourth-order valence-corrected chi connectivity index (χ4v) is 3.44. The van der Waals surface area contributed by atoms with E-state index in [-0.39, 0.29) is 11.6 Å². The molecule has 1 aliphatic rings. The topological polar surface area (TPSA) is 46.2 Å². The number of carbonyl (C=O) groups excluding carboxylic acids is 2. The maximum absolute atomic E-state index is 12.8. The second-order valence-corrected chi connectivity index (χ2v) is 7.22. The summed E-state index contributed by atoms with van der Waals surface area (Å²) in [5, 5.41) is 3.40. The number of ketones is 2. The number of rotatable bonds is 7. The van der Waals surface area contributed by atoms with Gasteiger partial charge in [-0.3, -0.25) is 9.59 Å². The highest BCUT2D eigenvalue weighted by Gasteiger charge is 2.29. The zero-order chi connectivity index (χ0) is 18.7. The molecule has 0 fully saturated rings. The number of nitrogens with zero attached hydrogens (tertiary/aromatic N) is 1. The number of hydrogen-bond acceptors (Lipinski definition) is 3. The molecular formula is C22H27N2O2+. The molecule has 0 aliphatic heterocycles. The zero-order valence-electron chi connectivity index (χ0n) is 15.8. The summed E-state index contributed by atoms with van der Waals surface area (Å²) in [7, 11) is 2.28. The maximum atomic E-state index is 12.8. The number of hydrogen-bond donors (Lipinski definition) is 1. The van der Waals surface area contributed by atoms with Crippen molar-refractivity contribution in [2.75, 3.05) is 38.5 Å². The predicted molar refractivity (Wildman–Crippen MR) is 105 cm³/mol. The van der Waals surface area contributed by atoms with Crippen LogP contribution in [-0.2, 0) is 0 Å². The quantitative estimate of drug-likeness (QED) is 0.521. The van der Waals surface area contributed by atoms with Gasteiger partial charge in [0.2, 0.25) is 0 Å². The van der Waals surface area contributed by atoms with E-state index in [0.717, 1.165) is 42.8 Å². The highest BCUT2D eigenvalue weighted by atomic mass is 16.1. The molecule has 0 unspecified atom stereocenters. The van der Waals surface area contributed by atoms with E-state index in [1.807, 2.05) is 12.1 Å². The zero-order valence-corrected chi connectivity index (χ0v) is 15.8. The summed E-state index contributed by atoms with van der Waals surface area (Å²) >= 11 is 0. The molecule has 0 saturated heterocycles. The molecule has 0 amide bonds. The molecule has 0 aromatic heterocycles. The Morgan fingerprint density at radius 1 is 0.846 bits per heavy atom. The van der Waals surface area contributed by atoms with Crippen molar-refractivity contribution in [3.63, 3.8) is 0 Å². The number of quaternary nitrogens is 1. The number of fused-ring (bicyclic) bond motifs is 2. The Hall–Kier alpha value is -2.46.